The minimum atomic E-state index is -0.453. The molecule has 0 spiro atoms. The Morgan fingerprint density at radius 2 is 2.06 bits per heavy atom. The first-order valence-electron chi connectivity index (χ1n) is 5.41. The van der Waals surface area contributed by atoms with Crippen molar-refractivity contribution in [2.24, 2.45) is 5.92 Å². The van der Waals surface area contributed by atoms with Gasteiger partial charge in [0.05, 0.1) is 12.5 Å². The maximum Gasteiger partial charge on any atom is 0.313 e. The SMILES string of the molecule is CSC1=[N+](c2ccccc2)C(O)C(C)CN1. The molecule has 0 amide bonds. The van der Waals surface area contributed by atoms with Crippen molar-refractivity contribution in [1.82, 2.24) is 5.32 Å². The third kappa shape index (κ3) is 2.08. The van der Waals surface area contributed by atoms with Crippen LogP contribution in [-0.4, -0.2) is 33.9 Å². The van der Waals surface area contributed by atoms with Crippen LogP contribution < -0.4 is 5.32 Å². The zero-order valence-corrected chi connectivity index (χ0v) is 10.4. The molecule has 0 fully saturated rings. The average molecular weight is 237 g/mol. The minimum absolute atomic E-state index is 0.219. The molecule has 0 aliphatic carbocycles. The predicted molar refractivity (Wildman–Crippen MR) is 68.1 cm³/mol. The van der Waals surface area contributed by atoms with Crippen molar-refractivity contribution in [3.8, 4) is 0 Å². The smallest absolute Gasteiger partial charge is 0.313 e. The molecule has 2 N–H and O–H groups in total. The Kier molecular flexibility index (Phi) is 3.51. The summed E-state index contributed by atoms with van der Waals surface area (Å²) in [5, 5.41) is 14.6. The normalized spacial score (nSPS) is 25.4. The van der Waals surface area contributed by atoms with E-state index in [2.05, 4.69) is 5.32 Å². The molecule has 0 aromatic heterocycles. The molecule has 4 heteroatoms. The molecule has 0 radical (unpaired) electrons. The zero-order chi connectivity index (χ0) is 11.5. The molecule has 1 aliphatic heterocycles. The molecule has 2 unspecified atom stereocenters. The summed E-state index contributed by atoms with van der Waals surface area (Å²) in [6.07, 6.45) is 1.56. The summed E-state index contributed by atoms with van der Waals surface area (Å²) in [5.74, 6) is 0.219. The number of hydrogen-bond acceptors (Lipinski definition) is 3. The molecule has 0 saturated carbocycles. The maximum atomic E-state index is 10.2. The highest BCUT2D eigenvalue weighted by Gasteiger charge is 2.32. The van der Waals surface area contributed by atoms with Crippen molar-refractivity contribution in [2.45, 2.75) is 13.2 Å². The molecule has 1 aromatic carbocycles. The van der Waals surface area contributed by atoms with Gasteiger partial charge in [-0.05, 0) is 30.2 Å². The van der Waals surface area contributed by atoms with E-state index in [9.17, 15) is 5.11 Å². The topological polar surface area (TPSA) is 35.3 Å². The van der Waals surface area contributed by atoms with Crippen LogP contribution in [0.2, 0.25) is 0 Å². The van der Waals surface area contributed by atoms with Crippen LogP contribution in [0.25, 0.3) is 0 Å². The second-order valence-corrected chi connectivity index (χ2v) is 4.78. The summed E-state index contributed by atoms with van der Waals surface area (Å²) < 4.78 is 1.96. The molecular weight excluding hydrogens is 220 g/mol. The van der Waals surface area contributed by atoms with Gasteiger partial charge < -0.3 is 5.11 Å². The van der Waals surface area contributed by atoms with Crippen molar-refractivity contribution in [2.75, 3.05) is 12.8 Å². The lowest BCUT2D eigenvalue weighted by Crippen LogP contribution is -2.47. The van der Waals surface area contributed by atoms with Gasteiger partial charge in [-0.3, -0.25) is 5.32 Å². The van der Waals surface area contributed by atoms with Crippen LogP contribution in [0, 0.1) is 5.92 Å². The van der Waals surface area contributed by atoms with Gasteiger partial charge >= 0.3 is 5.17 Å². The summed E-state index contributed by atoms with van der Waals surface area (Å²) >= 11 is 1.63. The quantitative estimate of drug-likeness (QED) is 0.728. The van der Waals surface area contributed by atoms with Crippen molar-refractivity contribution in [3.05, 3.63) is 30.3 Å². The van der Waals surface area contributed by atoms with Crippen molar-refractivity contribution < 1.29 is 9.68 Å². The highest BCUT2D eigenvalue weighted by atomic mass is 32.2. The summed E-state index contributed by atoms with van der Waals surface area (Å²) in [7, 11) is 0. The summed E-state index contributed by atoms with van der Waals surface area (Å²) in [4.78, 5) is 0. The van der Waals surface area contributed by atoms with Crippen LogP contribution in [-0.2, 0) is 0 Å². The molecule has 0 saturated heterocycles. The van der Waals surface area contributed by atoms with E-state index in [1.807, 2.05) is 48.1 Å². The van der Waals surface area contributed by atoms with Gasteiger partial charge in [0.1, 0.15) is 5.69 Å². The Hall–Kier alpha value is -1.00. The van der Waals surface area contributed by atoms with Gasteiger partial charge in [0.25, 0.3) is 0 Å². The van der Waals surface area contributed by atoms with E-state index in [4.69, 9.17) is 0 Å². The van der Waals surface area contributed by atoms with Gasteiger partial charge in [0.15, 0.2) is 0 Å². The number of nitrogens with one attached hydrogen (secondary N) is 1. The Morgan fingerprint density at radius 1 is 1.38 bits per heavy atom. The highest BCUT2D eigenvalue weighted by molar-refractivity contribution is 8.13. The average Bonchev–Trinajstić information content (AvgIpc) is 2.33. The number of benzene rings is 1. The first-order chi connectivity index (χ1) is 7.74. The third-order valence-electron chi connectivity index (χ3n) is 2.80. The van der Waals surface area contributed by atoms with E-state index in [1.54, 1.807) is 11.8 Å². The summed E-state index contributed by atoms with van der Waals surface area (Å²) in [6.45, 7) is 2.87. The lowest BCUT2D eigenvalue weighted by molar-refractivity contribution is -0.551. The second kappa shape index (κ2) is 4.89. The van der Waals surface area contributed by atoms with Gasteiger partial charge in [-0.1, -0.05) is 25.1 Å². The number of rotatable bonds is 1. The number of hydrogen-bond donors (Lipinski definition) is 2. The number of aliphatic hydroxyl groups excluding tert-OH is 1. The molecule has 0 bridgehead atoms. The molecule has 1 heterocycles. The van der Waals surface area contributed by atoms with E-state index in [-0.39, 0.29) is 5.92 Å². The van der Waals surface area contributed by atoms with Crippen molar-refractivity contribution in [3.63, 3.8) is 0 Å². The van der Waals surface area contributed by atoms with E-state index in [0.29, 0.717) is 0 Å². The first kappa shape index (κ1) is 11.5. The molecule has 1 aliphatic rings. The monoisotopic (exact) mass is 237 g/mol. The van der Waals surface area contributed by atoms with Crippen LogP contribution in [0.15, 0.2) is 30.3 Å². The second-order valence-electron chi connectivity index (χ2n) is 3.99. The number of amidine groups is 1. The summed E-state index contributed by atoms with van der Waals surface area (Å²) in [5.41, 5.74) is 1.03. The lowest BCUT2D eigenvalue weighted by atomic mass is 10.1. The van der Waals surface area contributed by atoms with Gasteiger partial charge in [-0.2, -0.15) is 4.58 Å². The maximum absolute atomic E-state index is 10.2. The number of para-hydroxylation sites is 1. The fourth-order valence-corrected chi connectivity index (χ4v) is 2.48. The molecule has 86 valence electrons. The van der Waals surface area contributed by atoms with Gasteiger partial charge in [0, 0.05) is 0 Å². The highest BCUT2D eigenvalue weighted by Crippen LogP contribution is 2.21. The molecule has 1 aromatic rings. The number of thioether (sulfide) groups is 1. The van der Waals surface area contributed by atoms with E-state index < -0.39 is 6.23 Å². The van der Waals surface area contributed by atoms with Crippen LogP contribution in [0.3, 0.4) is 0 Å². The Bertz CT molecular complexity index is 391. The minimum Gasteiger partial charge on any atom is -0.355 e. The number of nitrogens with zero attached hydrogens (tertiary/aromatic N) is 1. The standard InChI is InChI=1S/C12H16N2OS/c1-9-8-13-12(16-2)14(11(9)15)10-6-4-3-5-7-10/h3-7,9,11,15H,8H2,1-2H3/p+1. The molecular formula is C12H17N2OS+. The largest absolute Gasteiger partial charge is 0.355 e. The van der Waals surface area contributed by atoms with Gasteiger partial charge in [-0.25, -0.2) is 0 Å². The van der Waals surface area contributed by atoms with Gasteiger partial charge in [0.2, 0.25) is 6.23 Å². The number of aliphatic hydroxyl groups is 1. The van der Waals surface area contributed by atoms with Crippen molar-refractivity contribution in [1.29, 1.82) is 0 Å². The van der Waals surface area contributed by atoms with Gasteiger partial charge in [-0.15, -0.1) is 0 Å². The Morgan fingerprint density at radius 3 is 2.69 bits per heavy atom. The molecule has 16 heavy (non-hydrogen) atoms. The predicted octanol–water partition coefficient (Wildman–Crippen LogP) is 1.61. The van der Waals surface area contributed by atoms with Crippen LogP contribution >= 0.6 is 11.8 Å². The fraction of sp³-hybridized carbons (Fsp3) is 0.417. The third-order valence-corrected chi connectivity index (χ3v) is 3.52. The summed E-state index contributed by atoms with van der Waals surface area (Å²) in [6, 6.07) is 9.98. The van der Waals surface area contributed by atoms with Crippen LogP contribution in [0.5, 0.6) is 0 Å². The van der Waals surface area contributed by atoms with E-state index in [1.165, 1.54) is 0 Å². The zero-order valence-electron chi connectivity index (χ0n) is 9.55. The Balaban J connectivity index is 2.45. The van der Waals surface area contributed by atoms with Crippen molar-refractivity contribution >= 4 is 22.6 Å². The van der Waals surface area contributed by atoms with E-state index in [0.717, 1.165) is 17.4 Å². The van der Waals surface area contributed by atoms with Crippen LogP contribution in [0.4, 0.5) is 5.69 Å². The fourth-order valence-electron chi connectivity index (χ4n) is 1.84. The van der Waals surface area contributed by atoms with E-state index >= 15 is 0 Å². The molecule has 2 atom stereocenters. The van der Waals surface area contributed by atoms with Crippen LogP contribution in [0.1, 0.15) is 6.92 Å². The molecule has 3 nitrogen and oxygen atoms in total. The molecule has 2 rings (SSSR count). The Labute approximate surface area is 100 Å². The first-order valence-corrected chi connectivity index (χ1v) is 6.63. The lowest BCUT2D eigenvalue weighted by Gasteiger charge is -2.26.